The normalized spacial score (nSPS) is 15.1. The Morgan fingerprint density at radius 1 is 1.08 bits per heavy atom. The van der Waals surface area contributed by atoms with Crippen molar-refractivity contribution in [3.8, 4) is 11.4 Å². The molecule has 0 spiro atoms. The summed E-state index contributed by atoms with van der Waals surface area (Å²) < 4.78 is 48.3. The quantitative estimate of drug-likeness (QED) is 0.392. The van der Waals surface area contributed by atoms with Crippen molar-refractivity contribution < 1.29 is 22.7 Å². The molecule has 0 atom stereocenters. The molecule has 2 aromatic carbocycles. The van der Waals surface area contributed by atoms with Gasteiger partial charge in [-0.05, 0) is 61.9 Å². The Balaban J connectivity index is 1.28. The third kappa shape index (κ3) is 5.91. The highest BCUT2D eigenvalue weighted by Gasteiger charge is 2.32. The first-order valence-corrected chi connectivity index (χ1v) is 12.0. The number of carbonyl (C=O) groups is 1. The number of nitrogens with zero attached hydrogens (tertiary/aromatic N) is 4. The SMILES string of the molecule is CN1CCC(Oc2cc(NC(=O)Cc3ccc(-n4cnc5cccnc54)cc3)cc(C(F)(F)F)c2)CC1. The zero-order valence-electron chi connectivity index (χ0n) is 20.2. The molecule has 1 N–H and O–H groups in total. The molecule has 3 heterocycles. The van der Waals surface area contributed by atoms with Crippen LogP contribution in [0.25, 0.3) is 16.9 Å². The van der Waals surface area contributed by atoms with E-state index in [1.165, 1.54) is 6.07 Å². The van der Waals surface area contributed by atoms with Gasteiger partial charge in [0.1, 0.15) is 23.7 Å². The number of fused-ring (bicyclic) bond motifs is 1. The Morgan fingerprint density at radius 3 is 2.57 bits per heavy atom. The number of imidazole rings is 1. The van der Waals surface area contributed by atoms with E-state index in [0.29, 0.717) is 5.56 Å². The lowest BCUT2D eigenvalue weighted by Crippen LogP contribution is -2.35. The third-order valence-electron chi connectivity index (χ3n) is 6.37. The first-order valence-electron chi connectivity index (χ1n) is 12.0. The van der Waals surface area contributed by atoms with Gasteiger partial charge in [-0.3, -0.25) is 9.36 Å². The van der Waals surface area contributed by atoms with Gasteiger partial charge in [0.15, 0.2) is 5.65 Å². The first-order chi connectivity index (χ1) is 17.7. The van der Waals surface area contributed by atoms with Crippen LogP contribution in [-0.4, -0.2) is 51.6 Å². The minimum atomic E-state index is -4.56. The lowest BCUT2D eigenvalue weighted by atomic mass is 10.1. The molecule has 1 aliphatic rings. The molecule has 0 radical (unpaired) electrons. The summed E-state index contributed by atoms with van der Waals surface area (Å²) in [6.07, 6.45) is 0.114. The lowest BCUT2D eigenvalue weighted by molar-refractivity contribution is -0.137. The zero-order valence-corrected chi connectivity index (χ0v) is 20.2. The number of aromatic nitrogens is 3. The van der Waals surface area contributed by atoms with E-state index in [2.05, 4.69) is 20.2 Å². The van der Waals surface area contributed by atoms with Crippen molar-refractivity contribution >= 4 is 22.8 Å². The molecule has 5 rings (SSSR count). The fourth-order valence-electron chi connectivity index (χ4n) is 4.40. The number of benzene rings is 2. The summed E-state index contributed by atoms with van der Waals surface area (Å²) in [6.45, 7) is 1.64. The molecule has 1 aliphatic heterocycles. The van der Waals surface area contributed by atoms with Crippen LogP contribution in [0.4, 0.5) is 18.9 Å². The minimum Gasteiger partial charge on any atom is -0.490 e. The van der Waals surface area contributed by atoms with Crippen LogP contribution in [0.15, 0.2) is 67.1 Å². The summed E-state index contributed by atoms with van der Waals surface area (Å²) in [7, 11) is 2.00. The molecule has 4 aromatic rings. The van der Waals surface area contributed by atoms with E-state index in [1.807, 2.05) is 35.9 Å². The van der Waals surface area contributed by atoms with Gasteiger partial charge in [0.25, 0.3) is 0 Å². The molecular formula is C27H26F3N5O2. The molecular weight excluding hydrogens is 483 g/mol. The topological polar surface area (TPSA) is 72.3 Å². The summed E-state index contributed by atoms with van der Waals surface area (Å²) in [6, 6.07) is 14.3. The predicted octanol–water partition coefficient (Wildman–Crippen LogP) is 5.09. The smallest absolute Gasteiger partial charge is 0.416 e. The van der Waals surface area contributed by atoms with E-state index >= 15 is 0 Å². The van der Waals surface area contributed by atoms with Crippen LogP contribution in [0.3, 0.4) is 0 Å². The van der Waals surface area contributed by atoms with Gasteiger partial charge < -0.3 is 15.0 Å². The number of anilines is 1. The average Bonchev–Trinajstić information content (AvgIpc) is 3.29. The summed E-state index contributed by atoms with van der Waals surface area (Å²) in [5.41, 5.74) is 2.23. The Hall–Kier alpha value is -3.92. The standard InChI is InChI=1S/C27H26F3N5O2/c1-34-11-8-22(9-12-34)37-23-15-19(27(28,29)30)14-20(16-23)33-25(36)13-18-4-6-21(7-5-18)35-17-32-24-3-2-10-31-26(24)35/h2-7,10,14-17,22H,8-9,11-13H2,1H3,(H,33,36). The van der Waals surface area contributed by atoms with E-state index in [-0.39, 0.29) is 24.0 Å². The highest BCUT2D eigenvalue weighted by atomic mass is 19.4. The second kappa shape index (κ2) is 10.2. The number of hydrogen-bond donors (Lipinski definition) is 1. The average molecular weight is 510 g/mol. The van der Waals surface area contributed by atoms with Crippen molar-refractivity contribution in [3.05, 3.63) is 78.2 Å². The van der Waals surface area contributed by atoms with Crippen molar-refractivity contribution in [3.63, 3.8) is 0 Å². The zero-order chi connectivity index (χ0) is 26.0. The molecule has 192 valence electrons. The molecule has 10 heteroatoms. The fraction of sp³-hybridized carbons (Fsp3) is 0.296. The van der Waals surface area contributed by atoms with E-state index < -0.39 is 17.6 Å². The van der Waals surface area contributed by atoms with Gasteiger partial charge >= 0.3 is 6.18 Å². The van der Waals surface area contributed by atoms with Gasteiger partial charge in [-0.15, -0.1) is 0 Å². The van der Waals surface area contributed by atoms with Crippen molar-refractivity contribution in [1.29, 1.82) is 0 Å². The van der Waals surface area contributed by atoms with Crippen molar-refractivity contribution in [2.75, 3.05) is 25.5 Å². The maximum absolute atomic E-state index is 13.5. The van der Waals surface area contributed by atoms with E-state index in [9.17, 15) is 18.0 Å². The predicted molar refractivity (Wildman–Crippen MR) is 134 cm³/mol. The maximum atomic E-state index is 13.5. The molecule has 0 aliphatic carbocycles. The van der Waals surface area contributed by atoms with Crippen LogP contribution in [-0.2, 0) is 17.4 Å². The number of halogens is 3. The third-order valence-corrected chi connectivity index (χ3v) is 6.37. The number of nitrogens with one attached hydrogen (secondary N) is 1. The molecule has 7 nitrogen and oxygen atoms in total. The second-order valence-electron chi connectivity index (χ2n) is 9.22. The van der Waals surface area contributed by atoms with Gasteiger partial charge in [-0.25, -0.2) is 9.97 Å². The monoisotopic (exact) mass is 509 g/mol. The van der Waals surface area contributed by atoms with Gasteiger partial charge in [0, 0.05) is 36.7 Å². The van der Waals surface area contributed by atoms with Crippen LogP contribution < -0.4 is 10.1 Å². The number of likely N-dealkylation sites (tertiary alicyclic amines) is 1. The van der Waals surface area contributed by atoms with E-state index in [4.69, 9.17) is 4.74 Å². The number of hydrogen-bond acceptors (Lipinski definition) is 5. The Morgan fingerprint density at radius 2 is 1.84 bits per heavy atom. The largest absolute Gasteiger partial charge is 0.490 e. The molecule has 0 saturated carbocycles. The van der Waals surface area contributed by atoms with Crippen LogP contribution in [0.5, 0.6) is 5.75 Å². The van der Waals surface area contributed by atoms with Crippen LogP contribution in [0.2, 0.25) is 0 Å². The van der Waals surface area contributed by atoms with Gasteiger partial charge in [-0.2, -0.15) is 13.2 Å². The number of carbonyl (C=O) groups excluding carboxylic acids is 1. The Labute approximate surface area is 211 Å². The summed E-state index contributed by atoms with van der Waals surface area (Å²) >= 11 is 0. The molecule has 0 bridgehead atoms. The van der Waals surface area contributed by atoms with Gasteiger partial charge in [0.05, 0.1) is 12.0 Å². The number of piperidine rings is 1. The molecule has 1 fully saturated rings. The Bertz CT molecular complexity index is 1390. The fourth-order valence-corrected chi connectivity index (χ4v) is 4.40. The van der Waals surface area contributed by atoms with Crippen LogP contribution >= 0.6 is 0 Å². The minimum absolute atomic E-state index is 0.00457. The molecule has 37 heavy (non-hydrogen) atoms. The van der Waals surface area contributed by atoms with Crippen molar-refractivity contribution in [2.45, 2.75) is 31.5 Å². The van der Waals surface area contributed by atoms with Crippen LogP contribution in [0, 0.1) is 0 Å². The molecule has 0 unspecified atom stereocenters. The van der Waals surface area contributed by atoms with Gasteiger partial charge in [0.2, 0.25) is 5.91 Å². The maximum Gasteiger partial charge on any atom is 0.416 e. The molecule has 2 aromatic heterocycles. The highest BCUT2D eigenvalue weighted by molar-refractivity contribution is 5.92. The highest BCUT2D eigenvalue weighted by Crippen LogP contribution is 2.35. The van der Waals surface area contributed by atoms with Gasteiger partial charge in [-0.1, -0.05) is 12.1 Å². The number of pyridine rings is 1. The molecule has 1 saturated heterocycles. The summed E-state index contributed by atoms with van der Waals surface area (Å²) in [4.78, 5) is 23.5. The summed E-state index contributed by atoms with van der Waals surface area (Å²) in [5.74, 6) is -0.322. The number of amides is 1. The summed E-state index contributed by atoms with van der Waals surface area (Å²) in [5, 5.41) is 2.60. The lowest BCUT2D eigenvalue weighted by Gasteiger charge is -2.29. The number of rotatable bonds is 6. The second-order valence-corrected chi connectivity index (χ2v) is 9.22. The van der Waals surface area contributed by atoms with E-state index in [1.54, 1.807) is 24.7 Å². The first kappa shape index (κ1) is 24.8. The van der Waals surface area contributed by atoms with Crippen molar-refractivity contribution in [2.24, 2.45) is 0 Å². The Kier molecular flexibility index (Phi) is 6.84. The van der Waals surface area contributed by atoms with Crippen molar-refractivity contribution in [1.82, 2.24) is 19.4 Å². The number of alkyl halides is 3. The number of ether oxygens (including phenoxy) is 1. The van der Waals surface area contributed by atoms with E-state index in [0.717, 1.165) is 54.9 Å². The van der Waals surface area contributed by atoms with Crippen LogP contribution in [0.1, 0.15) is 24.0 Å². The molecule has 1 amide bonds.